The standard InChI is InChI=1S/C12H15N3O2.2ClH/c1-3-15-10-6-8(12(16)17-2)4-5-9(10)14-11(15)7-13;;/h4-6H,3,7,13H2,1-2H3;2*1H. The van der Waals surface area contributed by atoms with Crippen molar-refractivity contribution in [2.24, 2.45) is 5.73 Å². The van der Waals surface area contributed by atoms with Crippen LogP contribution in [-0.2, 0) is 17.8 Å². The number of rotatable bonds is 3. The first-order chi connectivity index (χ1) is 8.21. The van der Waals surface area contributed by atoms with E-state index in [9.17, 15) is 4.79 Å². The van der Waals surface area contributed by atoms with Gasteiger partial charge in [0.15, 0.2) is 0 Å². The van der Waals surface area contributed by atoms with Crippen molar-refractivity contribution < 1.29 is 9.53 Å². The normalized spacial score (nSPS) is 9.63. The van der Waals surface area contributed by atoms with Gasteiger partial charge in [-0.1, -0.05) is 0 Å². The predicted octanol–water partition coefficient (Wildman–Crippen LogP) is 2.15. The van der Waals surface area contributed by atoms with Crippen LogP contribution < -0.4 is 5.73 Å². The van der Waals surface area contributed by atoms with Crippen molar-refractivity contribution in [1.29, 1.82) is 0 Å². The number of nitrogens with zero attached hydrogens (tertiary/aromatic N) is 2. The van der Waals surface area contributed by atoms with Crippen molar-refractivity contribution >= 4 is 41.8 Å². The van der Waals surface area contributed by atoms with Gasteiger partial charge in [0.25, 0.3) is 0 Å². The molecule has 0 saturated carbocycles. The van der Waals surface area contributed by atoms with E-state index in [1.54, 1.807) is 12.1 Å². The summed E-state index contributed by atoms with van der Waals surface area (Å²) in [7, 11) is 1.37. The summed E-state index contributed by atoms with van der Waals surface area (Å²) in [6, 6.07) is 5.31. The third-order valence-corrected chi connectivity index (χ3v) is 2.75. The van der Waals surface area contributed by atoms with Crippen molar-refractivity contribution in [3.8, 4) is 0 Å². The Labute approximate surface area is 123 Å². The number of methoxy groups -OCH3 is 1. The van der Waals surface area contributed by atoms with Crippen LogP contribution in [-0.4, -0.2) is 22.6 Å². The number of nitrogens with two attached hydrogens (primary N) is 1. The third kappa shape index (κ3) is 3.18. The lowest BCUT2D eigenvalue weighted by molar-refractivity contribution is 0.0601. The molecule has 1 aromatic heterocycles. The lowest BCUT2D eigenvalue weighted by Gasteiger charge is -2.04. The van der Waals surface area contributed by atoms with Gasteiger partial charge in [-0.15, -0.1) is 24.8 Å². The van der Waals surface area contributed by atoms with Crippen LogP contribution >= 0.6 is 24.8 Å². The molecule has 2 N–H and O–H groups in total. The molecule has 0 saturated heterocycles. The Morgan fingerprint density at radius 3 is 2.63 bits per heavy atom. The van der Waals surface area contributed by atoms with Crippen molar-refractivity contribution in [2.75, 3.05) is 7.11 Å². The van der Waals surface area contributed by atoms with E-state index >= 15 is 0 Å². The molecule has 5 nitrogen and oxygen atoms in total. The highest BCUT2D eigenvalue weighted by Gasteiger charge is 2.11. The van der Waals surface area contributed by atoms with E-state index in [0.29, 0.717) is 12.1 Å². The minimum absolute atomic E-state index is 0. The van der Waals surface area contributed by atoms with E-state index in [0.717, 1.165) is 23.4 Å². The number of aryl methyl sites for hydroxylation is 1. The van der Waals surface area contributed by atoms with Gasteiger partial charge >= 0.3 is 5.97 Å². The number of fused-ring (bicyclic) bond motifs is 1. The zero-order valence-corrected chi connectivity index (χ0v) is 12.4. The molecule has 0 unspecified atom stereocenters. The maximum Gasteiger partial charge on any atom is 0.337 e. The van der Waals surface area contributed by atoms with Crippen molar-refractivity contribution in [1.82, 2.24) is 9.55 Å². The number of ether oxygens (including phenoxy) is 1. The molecule has 2 aromatic rings. The maximum absolute atomic E-state index is 11.5. The van der Waals surface area contributed by atoms with Crippen LogP contribution in [0.3, 0.4) is 0 Å². The number of esters is 1. The molecule has 0 aliphatic heterocycles. The van der Waals surface area contributed by atoms with Gasteiger partial charge in [0, 0.05) is 6.54 Å². The minimum atomic E-state index is -0.343. The number of aromatic nitrogens is 2. The molecular weight excluding hydrogens is 289 g/mol. The molecule has 106 valence electrons. The number of carbonyl (C=O) groups is 1. The molecule has 7 heteroatoms. The number of benzene rings is 1. The van der Waals surface area contributed by atoms with E-state index < -0.39 is 0 Å². The Morgan fingerprint density at radius 1 is 1.42 bits per heavy atom. The molecule has 19 heavy (non-hydrogen) atoms. The first-order valence-corrected chi connectivity index (χ1v) is 5.48. The molecule has 0 radical (unpaired) electrons. The number of halogens is 2. The fourth-order valence-corrected chi connectivity index (χ4v) is 1.93. The fraction of sp³-hybridized carbons (Fsp3) is 0.333. The average molecular weight is 306 g/mol. The lowest BCUT2D eigenvalue weighted by atomic mass is 10.2. The quantitative estimate of drug-likeness (QED) is 0.882. The summed E-state index contributed by atoms with van der Waals surface area (Å²) in [6.07, 6.45) is 0. The Bertz CT molecular complexity index is 569. The monoisotopic (exact) mass is 305 g/mol. The van der Waals surface area contributed by atoms with Crippen LogP contribution in [0.15, 0.2) is 18.2 Å². The molecule has 1 aromatic carbocycles. The van der Waals surface area contributed by atoms with Crippen LogP contribution in [0.2, 0.25) is 0 Å². The second-order valence-corrected chi connectivity index (χ2v) is 3.67. The van der Waals surface area contributed by atoms with Gasteiger partial charge in [-0.3, -0.25) is 0 Å². The van der Waals surface area contributed by atoms with Crippen LogP contribution in [0, 0.1) is 0 Å². The fourth-order valence-electron chi connectivity index (χ4n) is 1.93. The second-order valence-electron chi connectivity index (χ2n) is 3.67. The molecule has 0 amide bonds. The molecule has 2 rings (SSSR count). The van der Waals surface area contributed by atoms with Crippen molar-refractivity contribution in [2.45, 2.75) is 20.0 Å². The van der Waals surface area contributed by atoms with E-state index in [2.05, 4.69) is 4.98 Å². The van der Waals surface area contributed by atoms with E-state index in [1.807, 2.05) is 17.6 Å². The van der Waals surface area contributed by atoms with Gasteiger partial charge in [-0.05, 0) is 25.1 Å². The van der Waals surface area contributed by atoms with Gasteiger partial charge < -0.3 is 15.0 Å². The topological polar surface area (TPSA) is 70.1 Å². The minimum Gasteiger partial charge on any atom is -0.465 e. The molecule has 0 bridgehead atoms. The number of hydrogen-bond donors (Lipinski definition) is 1. The Kier molecular flexibility index (Phi) is 6.83. The largest absolute Gasteiger partial charge is 0.465 e. The van der Waals surface area contributed by atoms with Gasteiger partial charge in [0.1, 0.15) is 5.82 Å². The van der Waals surface area contributed by atoms with Crippen LogP contribution in [0.25, 0.3) is 11.0 Å². The number of carbonyl (C=O) groups excluding carboxylic acids is 1. The first-order valence-electron chi connectivity index (χ1n) is 5.48. The lowest BCUT2D eigenvalue weighted by Crippen LogP contribution is -2.07. The number of imidazole rings is 1. The second kappa shape index (κ2) is 7.33. The molecule has 1 heterocycles. The Balaban J connectivity index is 0.00000162. The molecular formula is C12H17Cl2N3O2. The van der Waals surface area contributed by atoms with Crippen LogP contribution in [0.5, 0.6) is 0 Å². The highest BCUT2D eigenvalue weighted by atomic mass is 35.5. The number of hydrogen-bond acceptors (Lipinski definition) is 4. The smallest absolute Gasteiger partial charge is 0.337 e. The Morgan fingerprint density at radius 2 is 2.11 bits per heavy atom. The maximum atomic E-state index is 11.5. The van der Waals surface area contributed by atoms with E-state index in [1.165, 1.54) is 7.11 Å². The summed E-state index contributed by atoms with van der Waals surface area (Å²) in [5.74, 6) is 0.481. The van der Waals surface area contributed by atoms with Gasteiger partial charge in [0.2, 0.25) is 0 Å². The predicted molar refractivity (Wildman–Crippen MR) is 79.1 cm³/mol. The summed E-state index contributed by atoms with van der Waals surface area (Å²) >= 11 is 0. The highest BCUT2D eigenvalue weighted by Crippen LogP contribution is 2.18. The molecule has 0 aliphatic carbocycles. The van der Waals surface area contributed by atoms with E-state index in [4.69, 9.17) is 10.5 Å². The zero-order valence-electron chi connectivity index (χ0n) is 10.8. The molecule has 0 aliphatic rings. The molecule has 0 spiro atoms. The highest BCUT2D eigenvalue weighted by molar-refractivity contribution is 5.93. The summed E-state index contributed by atoms with van der Waals surface area (Å²) in [5, 5.41) is 0. The van der Waals surface area contributed by atoms with Gasteiger partial charge in [-0.25, -0.2) is 9.78 Å². The summed E-state index contributed by atoms with van der Waals surface area (Å²) in [6.45, 7) is 3.18. The first kappa shape index (κ1) is 17.7. The third-order valence-electron chi connectivity index (χ3n) is 2.75. The van der Waals surface area contributed by atoms with Crippen molar-refractivity contribution in [3.63, 3.8) is 0 Å². The van der Waals surface area contributed by atoms with Gasteiger partial charge in [0.05, 0.1) is 30.3 Å². The zero-order chi connectivity index (χ0) is 12.4. The van der Waals surface area contributed by atoms with Crippen LogP contribution in [0.1, 0.15) is 23.1 Å². The average Bonchev–Trinajstić information content (AvgIpc) is 2.74. The summed E-state index contributed by atoms with van der Waals surface area (Å²) in [5.41, 5.74) is 7.93. The summed E-state index contributed by atoms with van der Waals surface area (Å²) < 4.78 is 6.70. The van der Waals surface area contributed by atoms with Crippen molar-refractivity contribution in [3.05, 3.63) is 29.6 Å². The SMILES string of the molecule is CCn1c(CN)nc2ccc(C(=O)OC)cc21.Cl.Cl. The van der Waals surface area contributed by atoms with E-state index in [-0.39, 0.29) is 30.8 Å². The Hall–Kier alpha value is -1.30. The molecule has 0 atom stereocenters. The van der Waals surface area contributed by atoms with Crippen LogP contribution in [0.4, 0.5) is 0 Å². The van der Waals surface area contributed by atoms with Gasteiger partial charge in [-0.2, -0.15) is 0 Å². The molecule has 0 fully saturated rings. The summed E-state index contributed by atoms with van der Waals surface area (Å²) in [4.78, 5) is 15.9.